The maximum Gasteiger partial charge on any atom is 0.251 e. The van der Waals surface area contributed by atoms with Crippen LogP contribution in [0.25, 0.3) is 33.4 Å². The molecule has 0 aliphatic carbocycles. The van der Waals surface area contributed by atoms with Crippen LogP contribution in [0.5, 0.6) is 0 Å². The highest BCUT2D eigenvalue weighted by Crippen LogP contribution is 2.27. The quantitative estimate of drug-likeness (QED) is 0.447. The van der Waals surface area contributed by atoms with Crippen LogP contribution in [0.4, 0.5) is 4.39 Å². The van der Waals surface area contributed by atoms with E-state index >= 15 is 0 Å². The van der Waals surface area contributed by atoms with Crippen molar-refractivity contribution in [3.63, 3.8) is 0 Å². The third kappa shape index (κ3) is 4.72. The smallest absolute Gasteiger partial charge is 0.251 e. The van der Waals surface area contributed by atoms with Crippen molar-refractivity contribution in [2.24, 2.45) is 0 Å². The molecule has 4 aromatic rings. The highest BCUT2D eigenvalue weighted by atomic mass is 19.1. The molecule has 0 saturated carbocycles. The average Bonchev–Trinajstić information content (AvgIpc) is 3.22. The molecule has 0 saturated heterocycles. The number of carbonyl (C=O) groups excluding carboxylic acids is 1. The lowest BCUT2D eigenvalue weighted by Gasteiger charge is -2.06. The standard InChI is InChI=1S/C23H20FN3O.CH4O/c1-2-10-25-23(28)17-5-3-4-16(11-17)19-12-18-13-21(27-22(18)26-14-19)15-6-8-20(24)9-7-15;1-2/h3-9,11-14H,2,10H2,1H3,(H,25,28)(H,26,27);2H,1H3. The number of halogens is 1. The Morgan fingerprint density at radius 1 is 1.03 bits per heavy atom. The zero-order valence-electron chi connectivity index (χ0n) is 16.9. The molecule has 5 nitrogen and oxygen atoms in total. The molecule has 2 aromatic heterocycles. The number of benzene rings is 2. The zero-order valence-corrected chi connectivity index (χ0v) is 16.9. The molecule has 0 radical (unpaired) electrons. The van der Waals surface area contributed by atoms with Crippen molar-refractivity contribution in [2.45, 2.75) is 13.3 Å². The number of nitrogens with one attached hydrogen (secondary N) is 2. The summed E-state index contributed by atoms with van der Waals surface area (Å²) in [6.45, 7) is 2.68. The molecule has 0 unspecified atom stereocenters. The monoisotopic (exact) mass is 405 g/mol. The number of amides is 1. The van der Waals surface area contributed by atoms with E-state index in [1.165, 1.54) is 12.1 Å². The molecule has 0 aliphatic rings. The highest BCUT2D eigenvalue weighted by Gasteiger charge is 2.09. The molecule has 0 atom stereocenters. The first kappa shape index (κ1) is 21.2. The molecule has 154 valence electrons. The van der Waals surface area contributed by atoms with Crippen LogP contribution in [0.3, 0.4) is 0 Å². The van der Waals surface area contributed by atoms with Gasteiger partial charge in [0.1, 0.15) is 11.5 Å². The summed E-state index contributed by atoms with van der Waals surface area (Å²) in [5.41, 5.74) is 5.04. The Morgan fingerprint density at radius 3 is 2.53 bits per heavy atom. The van der Waals surface area contributed by atoms with Crippen LogP contribution in [0, 0.1) is 5.82 Å². The second-order valence-corrected chi connectivity index (χ2v) is 6.69. The third-order valence-electron chi connectivity index (χ3n) is 4.62. The molecule has 30 heavy (non-hydrogen) atoms. The maximum absolute atomic E-state index is 13.2. The number of pyridine rings is 1. The first-order valence-electron chi connectivity index (χ1n) is 9.72. The van der Waals surface area contributed by atoms with E-state index in [-0.39, 0.29) is 11.7 Å². The first-order chi connectivity index (χ1) is 14.6. The minimum absolute atomic E-state index is 0.0713. The van der Waals surface area contributed by atoms with Crippen LogP contribution in [0.1, 0.15) is 23.7 Å². The van der Waals surface area contributed by atoms with Gasteiger partial charge in [-0.1, -0.05) is 19.1 Å². The second kappa shape index (κ2) is 9.80. The van der Waals surface area contributed by atoms with Crippen molar-refractivity contribution in [2.75, 3.05) is 13.7 Å². The number of aromatic amines is 1. The Balaban J connectivity index is 0.00000124. The number of aromatic nitrogens is 2. The zero-order chi connectivity index (χ0) is 21.5. The van der Waals surface area contributed by atoms with E-state index < -0.39 is 0 Å². The van der Waals surface area contributed by atoms with Crippen molar-refractivity contribution in [1.29, 1.82) is 0 Å². The molecule has 2 aromatic carbocycles. The topological polar surface area (TPSA) is 78.0 Å². The van der Waals surface area contributed by atoms with E-state index in [2.05, 4.69) is 15.3 Å². The molecule has 0 spiro atoms. The van der Waals surface area contributed by atoms with Gasteiger partial charge in [-0.3, -0.25) is 4.79 Å². The molecule has 6 heteroatoms. The second-order valence-electron chi connectivity index (χ2n) is 6.69. The number of aliphatic hydroxyl groups is 1. The predicted octanol–water partition coefficient (Wildman–Crippen LogP) is 4.78. The lowest BCUT2D eigenvalue weighted by molar-refractivity contribution is 0.0953. The summed E-state index contributed by atoms with van der Waals surface area (Å²) in [5, 5.41) is 10.9. The van der Waals surface area contributed by atoms with Gasteiger partial charge in [-0.15, -0.1) is 0 Å². The highest BCUT2D eigenvalue weighted by molar-refractivity contribution is 5.95. The number of hydrogen-bond acceptors (Lipinski definition) is 3. The van der Waals surface area contributed by atoms with Crippen molar-refractivity contribution < 1.29 is 14.3 Å². The molecular formula is C24H24FN3O2. The van der Waals surface area contributed by atoms with Gasteiger partial charge in [-0.05, 0) is 66.1 Å². The SMILES string of the molecule is CCCNC(=O)c1cccc(-c2cnc3[nH]c(-c4ccc(F)cc4)cc3c2)c1.CO. The van der Waals surface area contributed by atoms with Crippen LogP contribution in [-0.2, 0) is 0 Å². The van der Waals surface area contributed by atoms with Gasteiger partial charge >= 0.3 is 0 Å². The van der Waals surface area contributed by atoms with Gasteiger partial charge in [0, 0.05) is 42.1 Å². The largest absolute Gasteiger partial charge is 0.400 e. The first-order valence-corrected chi connectivity index (χ1v) is 9.72. The van der Waals surface area contributed by atoms with E-state index in [4.69, 9.17) is 5.11 Å². The minimum atomic E-state index is -0.261. The number of rotatable bonds is 5. The Labute approximate surface area is 174 Å². The van der Waals surface area contributed by atoms with Crippen molar-refractivity contribution in [1.82, 2.24) is 15.3 Å². The van der Waals surface area contributed by atoms with E-state index in [9.17, 15) is 9.18 Å². The van der Waals surface area contributed by atoms with Gasteiger partial charge in [0.2, 0.25) is 0 Å². The van der Waals surface area contributed by atoms with Crippen molar-refractivity contribution in [3.05, 3.63) is 78.2 Å². The molecule has 4 rings (SSSR count). The van der Waals surface area contributed by atoms with Crippen LogP contribution in [-0.4, -0.2) is 34.6 Å². The number of H-pyrrole nitrogens is 1. The number of fused-ring (bicyclic) bond motifs is 1. The number of carbonyl (C=O) groups is 1. The van der Waals surface area contributed by atoms with Gasteiger partial charge in [-0.2, -0.15) is 0 Å². The summed E-state index contributed by atoms with van der Waals surface area (Å²) >= 11 is 0. The molecule has 1 amide bonds. The molecule has 2 heterocycles. The summed E-state index contributed by atoms with van der Waals surface area (Å²) < 4.78 is 13.2. The number of nitrogens with zero attached hydrogens (tertiary/aromatic N) is 1. The van der Waals surface area contributed by atoms with E-state index in [0.717, 1.165) is 46.9 Å². The van der Waals surface area contributed by atoms with Gasteiger partial charge in [0.25, 0.3) is 5.91 Å². The predicted molar refractivity (Wildman–Crippen MR) is 118 cm³/mol. The van der Waals surface area contributed by atoms with Gasteiger partial charge in [-0.25, -0.2) is 9.37 Å². The summed E-state index contributed by atoms with van der Waals surface area (Å²) in [6, 6.07) is 17.9. The van der Waals surface area contributed by atoms with Crippen molar-refractivity contribution in [3.8, 4) is 22.4 Å². The third-order valence-corrected chi connectivity index (χ3v) is 4.62. The van der Waals surface area contributed by atoms with Gasteiger partial charge in [0.15, 0.2) is 0 Å². The Morgan fingerprint density at radius 2 is 1.80 bits per heavy atom. The van der Waals surface area contributed by atoms with Crippen LogP contribution in [0.2, 0.25) is 0 Å². The Bertz CT molecular complexity index is 1140. The van der Waals surface area contributed by atoms with Crippen LogP contribution in [0.15, 0.2) is 66.9 Å². The Kier molecular flexibility index (Phi) is 6.93. The molecule has 3 N–H and O–H groups in total. The fourth-order valence-corrected chi connectivity index (χ4v) is 3.14. The molecule has 0 bridgehead atoms. The lowest BCUT2D eigenvalue weighted by Crippen LogP contribution is -2.23. The number of aliphatic hydroxyl groups excluding tert-OH is 1. The minimum Gasteiger partial charge on any atom is -0.400 e. The van der Waals surface area contributed by atoms with E-state index in [1.54, 1.807) is 18.3 Å². The van der Waals surface area contributed by atoms with E-state index in [0.29, 0.717) is 12.1 Å². The molecular weight excluding hydrogens is 381 g/mol. The average molecular weight is 405 g/mol. The van der Waals surface area contributed by atoms with Crippen LogP contribution < -0.4 is 5.32 Å². The molecule has 0 fully saturated rings. The van der Waals surface area contributed by atoms with Gasteiger partial charge in [0.05, 0.1) is 0 Å². The summed E-state index contributed by atoms with van der Waals surface area (Å²) in [6.07, 6.45) is 2.69. The van der Waals surface area contributed by atoms with Crippen LogP contribution >= 0.6 is 0 Å². The summed E-state index contributed by atoms with van der Waals surface area (Å²) in [4.78, 5) is 20.0. The summed E-state index contributed by atoms with van der Waals surface area (Å²) in [7, 11) is 1.00. The van der Waals surface area contributed by atoms with E-state index in [1.807, 2.05) is 43.3 Å². The Hall–Kier alpha value is -3.51. The number of hydrogen-bond donors (Lipinski definition) is 3. The van der Waals surface area contributed by atoms with Gasteiger partial charge < -0.3 is 15.4 Å². The lowest BCUT2D eigenvalue weighted by atomic mass is 10.0. The fourth-order valence-electron chi connectivity index (χ4n) is 3.14. The normalized spacial score (nSPS) is 10.4. The summed E-state index contributed by atoms with van der Waals surface area (Å²) in [5.74, 6) is -0.332. The molecule has 0 aliphatic heterocycles. The maximum atomic E-state index is 13.2. The van der Waals surface area contributed by atoms with Crippen molar-refractivity contribution >= 4 is 16.9 Å². The fraction of sp³-hybridized carbons (Fsp3) is 0.167.